The highest BCUT2D eigenvalue weighted by atomic mass is 32.2. The van der Waals surface area contributed by atoms with Gasteiger partial charge in [0.15, 0.2) is 0 Å². The van der Waals surface area contributed by atoms with Crippen LogP contribution in [-0.2, 0) is 4.79 Å². The van der Waals surface area contributed by atoms with Crippen molar-refractivity contribution in [3.63, 3.8) is 0 Å². The molecule has 0 aliphatic carbocycles. The van der Waals surface area contributed by atoms with E-state index in [0.29, 0.717) is 19.2 Å². The average Bonchev–Trinajstić information content (AvgIpc) is 2.50. The molecule has 1 aromatic carbocycles. The van der Waals surface area contributed by atoms with Gasteiger partial charge in [0.25, 0.3) is 0 Å². The molecule has 1 aliphatic heterocycles. The summed E-state index contributed by atoms with van der Waals surface area (Å²) in [5.41, 5.74) is -0.145. The first-order valence-electron chi connectivity index (χ1n) is 6.86. The fraction of sp³-hybridized carbons (Fsp3) is 0.429. The minimum atomic E-state index is -0.873. The van der Waals surface area contributed by atoms with Crippen LogP contribution < -0.4 is 10.6 Å². The van der Waals surface area contributed by atoms with Crippen LogP contribution in [0.1, 0.15) is 6.92 Å². The Kier molecular flexibility index (Phi) is 5.59. The van der Waals surface area contributed by atoms with E-state index in [1.807, 2.05) is 0 Å². The van der Waals surface area contributed by atoms with E-state index in [9.17, 15) is 18.4 Å². The van der Waals surface area contributed by atoms with E-state index < -0.39 is 23.7 Å². The molecule has 8 heteroatoms. The third-order valence-corrected chi connectivity index (χ3v) is 4.16. The number of carbonyl (C=O) groups is 2. The molecule has 1 saturated heterocycles. The van der Waals surface area contributed by atoms with Crippen molar-refractivity contribution in [1.29, 1.82) is 0 Å². The minimum absolute atomic E-state index is 0.145. The highest BCUT2D eigenvalue weighted by Crippen LogP contribution is 2.15. The summed E-state index contributed by atoms with van der Waals surface area (Å²) in [6.45, 7) is 2.89. The predicted octanol–water partition coefficient (Wildman–Crippen LogP) is 2.05. The molecule has 0 bridgehead atoms. The Hall–Kier alpha value is -1.83. The molecule has 22 heavy (non-hydrogen) atoms. The summed E-state index contributed by atoms with van der Waals surface area (Å²) < 4.78 is 26.2. The van der Waals surface area contributed by atoms with E-state index >= 15 is 0 Å². The van der Waals surface area contributed by atoms with Gasteiger partial charge < -0.3 is 15.5 Å². The molecule has 0 saturated carbocycles. The number of carbonyl (C=O) groups excluding carboxylic acids is 2. The Bertz CT molecular complexity index is 565. The lowest BCUT2D eigenvalue weighted by molar-refractivity contribution is -0.132. The molecule has 1 heterocycles. The van der Waals surface area contributed by atoms with Gasteiger partial charge in [0.05, 0.1) is 5.69 Å². The molecule has 1 fully saturated rings. The molecule has 3 amide bonds. The van der Waals surface area contributed by atoms with Gasteiger partial charge in [-0.25, -0.2) is 13.6 Å². The number of nitrogens with zero attached hydrogens (tertiary/aromatic N) is 1. The summed E-state index contributed by atoms with van der Waals surface area (Å²) in [6, 6.07) is 1.41. The molecule has 5 nitrogen and oxygen atoms in total. The molecule has 120 valence electrons. The number of hydrogen-bond acceptors (Lipinski definition) is 3. The molecule has 0 radical (unpaired) electrons. The van der Waals surface area contributed by atoms with Crippen molar-refractivity contribution >= 4 is 29.4 Å². The molecule has 0 spiro atoms. The van der Waals surface area contributed by atoms with E-state index in [1.165, 1.54) is 0 Å². The molecule has 1 atom stereocenters. The maximum absolute atomic E-state index is 13.4. The SMILES string of the molecule is CC(NC(=O)Nc1ccc(F)cc1F)C(=O)N1CCSCC1. The number of thioether (sulfide) groups is 1. The summed E-state index contributed by atoms with van der Waals surface area (Å²) >= 11 is 1.78. The van der Waals surface area contributed by atoms with E-state index in [2.05, 4.69) is 10.6 Å². The second-order valence-electron chi connectivity index (χ2n) is 4.88. The maximum atomic E-state index is 13.4. The van der Waals surface area contributed by atoms with Crippen molar-refractivity contribution in [2.45, 2.75) is 13.0 Å². The molecular weight excluding hydrogens is 312 g/mol. The van der Waals surface area contributed by atoms with Gasteiger partial charge in [-0.3, -0.25) is 4.79 Å². The summed E-state index contributed by atoms with van der Waals surface area (Å²) in [4.78, 5) is 25.6. The van der Waals surface area contributed by atoms with Crippen LogP contribution in [0.15, 0.2) is 18.2 Å². The molecular formula is C14H17F2N3O2S. The van der Waals surface area contributed by atoms with Crippen molar-refractivity contribution in [3.05, 3.63) is 29.8 Å². The van der Waals surface area contributed by atoms with E-state index in [-0.39, 0.29) is 11.6 Å². The zero-order valence-corrected chi connectivity index (χ0v) is 12.9. The lowest BCUT2D eigenvalue weighted by atomic mass is 10.2. The molecule has 2 N–H and O–H groups in total. The Labute approximate surface area is 131 Å². The van der Waals surface area contributed by atoms with Crippen LogP contribution in [0.3, 0.4) is 0 Å². The molecule has 0 aromatic heterocycles. The first-order valence-corrected chi connectivity index (χ1v) is 8.02. The maximum Gasteiger partial charge on any atom is 0.319 e. The number of urea groups is 1. The minimum Gasteiger partial charge on any atom is -0.339 e. The zero-order valence-electron chi connectivity index (χ0n) is 12.1. The number of hydrogen-bond donors (Lipinski definition) is 2. The van der Waals surface area contributed by atoms with Crippen molar-refractivity contribution in [3.8, 4) is 0 Å². The smallest absolute Gasteiger partial charge is 0.319 e. The lowest BCUT2D eigenvalue weighted by Crippen LogP contribution is -2.50. The van der Waals surface area contributed by atoms with Crippen molar-refractivity contribution < 1.29 is 18.4 Å². The quantitative estimate of drug-likeness (QED) is 0.892. The molecule has 1 aliphatic rings. The summed E-state index contributed by atoms with van der Waals surface area (Å²) in [5.74, 6) is -0.0103. The highest BCUT2D eigenvalue weighted by Gasteiger charge is 2.23. The van der Waals surface area contributed by atoms with Gasteiger partial charge in [0.2, 0.25) is 5.91 Å². The van der Waals surface area contributed by atoms with Crippen molar-refractivity contribution in [2.75, 3.05) is 29.9 Å². The van der Waals surface area contributed by atoms with Gasteiger partial charge in [-0.2, -0.15) is 11.8 Å². The summed E-state index contributed by atoms with van der Waals surface area (Å²) in [5, 5.41) is 4.72. The Morgan fingerprint density at radius 2 is 1.95 bits per heavy atom. The van der Waals surface area contributed by atoms with Gasteiger partial charge in [-0.05, 0) is 19.1 Å². The van der Waals surface area contributed by atoms with E-state index in [1.54, 1.807) is 23.6 Å². The van der Waals surface area contributed by atoms with Crippen LogP contribution in [0.5, 0.6) is 0 Å². The van der Waals surface area contributed by atoms with Crippen LogP contribution >= 0.6 is 11.8 Å². The third-order valence-electron chi connectivity index (χ3n) is 3.22. The summed E-state index contributed by atoms with van der Waals surface area (Å²) in [7, 11) is 0. The van der Waals surface area contributed by atoms with Gasteiger partial charge in [-0.15, -0.1) is 0 Å². The van der Waals surface area contributed by atoms with Crippen LogP contribution in [0.2, 0.25) is 0 Å². The first kappa shape index (κ1) is 16.5. The Morgan fingerprint density at radius 3 is 2.59 bits per heavy atom. The molecule has 1 unspecified atom stereocenters. The number of anilines is 1. The van der Waals surface area contributed by atoms with Crippen LogP contribution in [0.25, 0.3) is 0 Å². The number of benzene rings is 1. The Morgan fingerprint density at radius 1 is 1.27 bits per heavy atom. The Balaban J connectivity index is 1.89. The van der Waals surface area contributed by atoms with Crippen molar-refractivity contribution in [2.24, 2.45) is 0 Å². The first-order chi connectivity index (χ1) is 10.5. The second kappa shape index (κ2) is 7.44. The van der Waals surface area contributed by atoms with Crippen LogP contribution in [-0.4, -0.2) is 47.5 Å². The molecule has 2 rings (SSSR count). The van der Waals surface area contributed by atoms with E-state index in [0.717, 1.165) is 23.6 Å². The van der Waals surface area contributed by atoms with E-state index in [4.69, 9.17) is 0 Å². The predicted molar refractivity (Wildman–Crippen MR) is 81.9 cm³/mol. The number of halogens is 2. The summed E-state index contributed by atoms with van der Waals surface area (Å²) in [6.07, 6.45) is 0. The highest BCUT2D eigenvalue weighted by molar-refractivity contribution is 7.99. The van der Waals surface area contributed by atoms with Gasteiger partial charge >= 0.3 is 6.03 Å². The fourth-order valence-corrected chi connectivity index (χ4v) is 2.97. The monoisotopic (exact) mass is 329 g/mol. The normalized spacial score (nSPS) is 16.0. The topological polar surface area (TPSA) is 61.4 Å². The van der Waals surface area contributed by atoms with Crippen molar-refractivity contribution in [1.82, 2.24) is 10.2 Å². The van der Waals surface area contributed by atoms with Gasteiger partial charge in [0.1, 0.15) is 17.7 Å². The third kappa shape index (κ3) is 4.33. The standard InChI is InChI=1S/C14H17F2N3O2S/c1-9(13(20)19-4-6-22-7-5-19)17-14(21)18-12-3-2-10(15)8-11(12)16/h2-3,8-9H,4-7H2,1H3,(H2,17,18,21). The number of rotatable bonds is 3. The fourth-order valence-electron chi connectivity index (χ4n) is 2.07. The lowest BCUT2D eigenvalue weighted by Gasteiger charge is -2.29. The van der Waals surface area contributed by atoms with Crippen LogP contribution in [0, 0.1) is 11.6 Å². The average molecular weight is 329 g/mol. The number of nitrogens with one attached hydrogen (secondary N) is 2. The van der Waals surface area contributed by atoms with Crippen LogP contribution in [0.4, 0.5) is 19.3 Å². The molecule has 1 aromatic rings. The second-order valence-corrected chi connectivity index (χ2v) is 6.11. The van der Waals surface area contributed by atoms with Gasteiger partial charge in [-0.1, -0.05) is 0 Å². The van der Waals surface area contributed by atoms with Gasteiger partial charge in [0, 0.05) is 30.7 Å². The zero-order chi connectivity index (χ0) is 16.1. The number of amides is 3. The largest absolute Gasteiger partial charge is 0.339 e.